The van der Waals surface area contributed by atoms with Crippen LogP contribution >= 0.6 is 0 Å². The van der Waals surface area contributed by atoms with Crippen molar-refractivity contribution < 1.29 is 4.52 Å². The summed E-state index contributed by atoms with van der Waals surface area (Å²) in [5.41, 5.74) is 0. The van der Waals surface area contributed by atoms with Crippen molar-refractivity contribution in [3.05, 3.63) is 11.7 Å². The summed E-state index contributed by atoms with van der Waals surface area (Å²) in [6.07, 6.45) is 6.88. The average Bonchev–Trinajstić information content (AvgIpc) is 2.70. The van der Waals surface area contributed by atoms with E-state index < -0.39 is 0 Å². The zero-order valence-electron chi connectivity index (χ0n) is 10.9. The van der Waals surface area contributed by atoms with Crippen molar-refractivity contribution in [1.82, 2.24) is 15.5 Å². The Morgan fingerprint density at radius 2 is 2.24 bits per heavy atom. The number of hydrogen-bond donors (Lipinski definition) is 1. The van der Waals surface area contributed by atoms with Crippen molar-refractivity contribution in [1.29, 1.82) is 0 Å². The highest BCUT2D eigenvalue weighted by Crippen LogP contribution is 2.34. The highest BCUT2D eigenvalue weighted by atomic mass is 16.5. The molecule has 1 aliphatic carbocycles. The summed E-state index contributed by atoms with van der Waals surface area (Å²) >= 11 is 0. The second-order valence-electron chi connectivity index (χ2n) is 4.94. The van der Waals surface area contributed by atoms with E-state index in [4.69, 9.17) is 4.52 Å². The van der Waals surface area contributed by atoms with Gasteiger partial charge in [-0.2, -0.15) is 4.98 Å². The molecule has 1 atom stereocenters. The van der Waals surface area contributed by atoms with Gasteiger partial charge in [-0.25, -0.2) is 0 Å². The molecular formula is C13H23N3O. The summed E-state index contributed by atoms with van der Waals surface area (Å²) in [7, 11) is 0. The summed E-state index contributed by atoms with van der Waals surface area (Å²) in [4.78, 5) is 4.51. The highest BCUT2D eigenvalue weighted by Gasteiger charge is 2.25. The summed E-state index contributed by atoms with van der Waals surface area (Å²) < 4.78 is 5.33. The number of nitrogens with one attached hydrogen (secondary N) is 1. The lowest BCUT2D eigenvalue weighted by molar-refractivity contribution is 0.335. The van der Waals surface area contributed by atoms with Crippen molar-refractivity contribution >= 4 is 0 Å². The maximum absolute atomic E-state index is 5.33. The minimum absolute atomic E-state index is 0.463. The molecule has 1 aromatic rings. The van der Waals surface area contributed by atoms with Gasteiger partial charge in [-0.3, -0.25) is 0 Å². The fourth-order valence-corrected chi connectivity index (χ4v) is 2.10. The topological polar surface area (TPSA) is 51.0 Å². The van der Waals surface area contributed by atoms with E-state index in [0.717, 1.165) is 37.5 Å². The molecule has 1 unspecified atom stereocenters. The summed E-state index contributed by atoms with van der Waals surface area (Å²) in [5, 5.41) is 7.60. The zero-order chi connectivity index (χ0) is 12.1. The molecule has 0 amide bonds. The lowest BCUT2D eigenvalue weighted by Crippen LogP contribution is -2.31. The van der Waals surface area contributed by atoms with Gasteiger partial charge in [0.2, 0.25) is 5.89 Å². The first kappa shape index (κ1) is 12.6. The molecule has 0 saturated heterocycles. The smallest absolute Gasteiger partial charge is 0.228 e. The van der Waals surface area contributed by atoms with Gasteiger partial charge in [0.05, 0.1) is 0 Å². The van der Waals surface area contributed by atoms with Crippen LogP contribution in [0.15, 0.2) is 4.52 Å². The van der Waals surface area contributed by atoms with Gasteiger partial charge >= 0.3 is 0 Å². The Bertz CT molecular complexity index is 333. The first-order valence-electron chi connectivity index (χ1n) is 6.89. The minimum Gasteiger partial charge on any atom is -0.339 e. The second kappa shape index (κ2) is 6.15. The first-order chi connectivity index (χ1) is 8.33. The Labute approximate surface area is 103 Å². The van der Waals surface area contributed by atoms with Crippen LogP contribution < -0.4 is 5.32 Å². The van der Waals surface area contributed by atoms with Gasteiger partial charge in [0.25, 0.3) is 0 Å². The Balaban J connectivity index is 1.85. The van der Waals surface area contributed by atoms with E-state index in [1.54, 1.807) is 0 Å². The van der Waals surface area contributed by atoms with E-state index in [2.05, 4.69) is 29.3 Å². The standard InChI is InChI=1S/C13H23N3O/c1-3-8-14-11(4-2)9-12-15-13(16-17-12)10-6-5-7-10/h10-11,14H,3-9H2,1-2H3. The third-order valence-electron chi connectivity index (χ3n) is 3.55. The zero-order valence-corrected chi connectivity index (χ0v) is 10.9. The van der Waals surface area contributed by atoms with Crippen molar-refractivity contribution in [3.63, 3.8) is 0 Å². The number of rotatable bonds is 7. The fourth-order valence-electron chi connectivity index (χ4n) is 2.10. The molecule has 0 aromatic carbocycles. The molecule has 1 heterocycles. The van der Waals surface area contributed by atoms with Crippen LogP contribution in [0.4, 0.5) is 0 Å². The van der Waals surface area contributed by atoms with Crippen LogP contribution in [0.5, 0.6) is 0 Å². The molecule has 96 valence electrons. The molecule has 1 fully saturated rings. The van der Waals surface area contributed by atoms with Crippen molar-refractivity contribution in [2.45, 2.75) is 64.3 Å². The molecule has 4 nitrogen and oxygen atoms in total. The lowest BCUT2D eigenvalue weighted by atomic mass is 9.85. The molecule has 1 N–H and O–H groups in total. The molecular weight excluding hydrogens is 214 g/mol. The second-order valence-corrected chi connectivity index (χ2v) is 4.94. The molecule has 17 heavy (non-hydrogen) atoms. The largest absolute Gasteiger partial charge is 0.339 e. The summed E-state index contributed by atoms with van der Waals surface area (Å²) in [6.45, 7) is 5.43. The summed E-state index contributed by atoms with van der Waals surface area (Å²) in [5.74, 6) is 2.29. The normalized spacial score (nSPS) is 18.0. The predicted molar refractivity (Wildman–Crippen MR) is 67.0 cm³/mol. The molecule has 0 aliphatic heterocycles. The molecule has 0 spiro atoms. The Morgan fingerprint density at radius 1 is 1.41 bits per heavy atom. The van der Waals surface area contributed by atoms with Crippen LogP contribution in [0, 0.1) is 0 Å². The van der Waals surface area contributed by atoms with E-state index >= 15 is 0 Å². The monoisotopic (exact) mass is 237 g/mol. The van der Waals surface area contributed by atoms with Gasteiger partial charge < -0.3 is 9.84 Å². The Hall–Kier alpha value is -0.900. The van der Waals surface area contributed by atoms with E-state index in [9.17, 15) is 0 Å². The van der Waals surface area contributed by atoms with Crippen molar-refractivity contribution in [2.75, 3.05) is 6.54 Å². The maximum Gasteiger partial charge on any atom is 0.228 e. The minimum atomic E-state index is 0.463. The predicted octanol–water partition coefficient (Wildman–Crippen LogP) is 2.66. The molecule has 0 bridgehead atoms. The summed E-state index contributed by atoms with van der Waals surface area (Å²) in [6, 6.07) is 0.463. The molecule has 1 saturated carbocycles. The Morgan fingerprint density at radius 3 is 2.82 bits per heavy atom. The van der Waals surface area contributed by atoms with Crippen LogP contribution in [0.2, 0.25) is 0 Å². The van der Waals surface area contributed by atoms with Crippen LogP contribution in [0.25, 0.3) is 0 Å². The SMILES string of the molecule is CCCNC(CC)Cc1nc(C2CCC2)no1. The maximum atomic E-state index is 5.33. The third kappa shape index (κ3) is 3.28. The van der Waals surface area contributed by atoms with Gasteiger partial charge in [0.1, 0.15) is 0 Å². The quantitative estimate of drug-likeness (QED) is 0.792. The van der Waals surface area contributed by atoms with Gasteiger partial charge in [0, 0.05) is 18.4 Å². The molecule has 1 aromatic heterocycles. The lowest BCUT2D eigenvalue weighted by Gasteiger charge is -2.21. The van der Waals surface area contributed by atoms with Gasteiger partial charge in [-0.15, -0.1) is 0 Å². The van der Waals surface area contributed by atoms with Crippen molar-refractivity contribution in [2.24, 2.45) is 0 Å². The van der Waals surface area contributed by atoms with Gasteiger partial charge in [-0.1, -0.05) is 25.4 Å². The Kier molecular flexibility index (Phi) is 4.54. The van der Waals surface area contributed by atoms with E-state index in [1.165, 1.54) is 19.3 Å². The highest BCUT2D eigenvalue weighted by molar-refractivity contribution is 5.00. The van der Waals surface area contributed by atoms with Gasteiger partial charge in [-0.05, 0) is 32.2 Å². The molecule has 2 rings (SSSR count). The fraction of sp³-hybridized carbons (Fsp3) is 0.846. The first-order valence-corrected chi connectivity index (χ1v) is 6.89. The number of nitrogens with zero attached hydrogens (tertiary/aromatic N) is 2. The molecule has 4 heteroatoms. The molecule has 1 aliphatic rings. The van der Waals surface area contributed by atoms with Crippen molar-refractivity contribution in [3.8, 4) is 0 Å². The van der Waals surface area contributed by atoms with E-state index in [0.29, 0.717) is 12.0 Å². The average molecular weight is 237 g/mol. The van der Waals surface area contributed by atoms with Crippen LogP contribution in [0.3, 0.4) is 0 Å². The molecule has 0 radical (unpaired) electrons. The third-order valence-corrected chi connectivity index (χ3v) is 3.55. The van der Waals surface area contributed by atoms with Crippen LogP contribution in [-0.2, 0) is 6.42 Å². The van der Waals surface area contributed by atoms with E-state index in [-0.39, 0.29) is 0 Å². The van der Waals surface area contributed by atoms with E-state index in [1.807, 2.05) is 0 Å². The van der Waals surface area contributed by atoms with Gasteiger partial charge in [0.15, 0.2) is 5.82 Å². The number of hydrogen-bond acceptors (Lipinski definition) is 4. The van der Waals surface area contributed by atoms with Crippen LogP contribution in [0.1, 0.15) is 63.6 Å². The number of aromatic nitrogens is 2. The van der Waals surface area contributed by atoms with Crippen LogP contribution in [-0.4, -0.2) is 22.7 Å².